The van der Waals surface area contributed by atoms with Crippen LogP contribution >= 0.6 is 0 Å². The molecule has 0 radical (unpaired) electrons. The van der Waals surface area contributed by atoms with Gasteiger partial charge in [0.2, 0.25) is 15.9 Å². The van der Waals surface area contributed by atoms with E-state index in [-0.39, 0.29) is 41.6 Å². The number of hydrogen-bond donors (Lipinski definition) is 2. The first-order valence-corrected chi connectivity index (χ1v) is 13.6. The average Bonchev–Trinajstić information content (AvgIpc) is 3.39. The molecule has 0 aromatic heterocycles. The molecule has 0 aromatic carbocycles. The Kier molecular flexibility index (Phi) is 7.24. The summed E-state index contributed by atoms with van der Waals surface area (Å²) in [6.45, 7) is 2.23. The minimum absolute atomic E-state index is 0.0223. The Morgan fingerprint density at radius 3 is 2.50 bits per heavy atom. The lowest BCUT2D eigenvalue weighted by molar-refractivity contribution is -0.129. The number of nitrogens with one attached hydrogen (secondary N) is 2. The van der Waals surface area contributed by atoms with Crippen LogP contribution in [0.4, 0.5) is 4.79 Å². The highest BCUT2D eigenvalue weighted by molar-refractivity contribution is 7.89. The largest absolute Gasteiger partial charge is 0.341 e. The standard InChI is InChI=1S/C23H36N4O4S/c28-21(26-13-7-8-14-26)15-24-22(29)25-20(19-9-3-1-4-10-19)16-27-17-23(18-32(27,30)31)11-5-2-6-12-23/h2,5-6,11,19-20H,1,3-4,7-10,12-18H2,(H2,24,25,29)/t20-,23?/m1/s1. The lowest BCUT2D eigenvalue weighted by Gasteiger charge is -2.33. The minimum atomic E-state index is -3.39. The van der Waals surface area contributed by atoms with Gasteiger partial charge in [-0.2, -0.15) is 4.31 Å². The number of rotatable bonds is 6. The molecule has 2 aliphatic heterocycles. The molecule has 2 N–H and O–H groups in total. The van der Waals surface area contributed by atoms with E-state index >= 15 is 0 Å². The third kappa shape index (κ3) is 5.54. The van der Waals surface area contributed by atoms with E-state index in [1.165, 1.54) is 6.42 Å². The predicted octanol–water partition coefficient (Wildman–Crippen LogP) is 2.00. The van der Waals surface area contributed by atoms with Crippen LogP contribution in [-0.4, -0.2) is 74.1 Å². The second kappa shape index (κ2) is 9.95. The summed E-state index contributed by atoms with van der Waals surface area (Å²) in [5, 5.41) is 5.73. The molecule has 3 fully saturated rings. The zero-order chi connectivity index (χ0) is 22.6. The Morgan fingerprint density at radius 1 is 1.06 bits per heavy atom. The van der Waals surface area contributed by atoms with Crippen molar-refractivity contribution in [3.05, 3.63) is 24.3 Å². The molecule has 2 aliphatic carbocycles. The number of amides is 3. The molecule has 178 valence electrons. The molecule has 0 bridgehead atoms. The van der Waals surface area contributed by atoms with E-state index in [0.29, 0.717) is 13.1 Å². The van der Waals surface area contributed by atoms with Gasteiger partial charge >= 0.3 is 6.03 Å². The predicted molar refractivity (Wildman–Crippen MR) is 123 cm³/mol. The fraction of sp³-hybridized carbons (Fsp3) is 0.739. The molecule has 1 spiro atoms. The Labute approximate surface area is 191 Å². The van der Waals surface area contributed by atoms with Crippen molar-refractivity contribution in [2.45, 2.75) is 57.4 Å². The molecular formula is C23H36N4O4S. The summed E-state index contributed by atoms with van der Waals surface area (Å²) >= 11 is 0. The molecule has 2 atom stereocenters. The van der Waals surface area contributed by atoms with Crippen LogP contribution in [0.2, 0.25) is 0 Å². The zero-order valence-corrected chi connectivity index (χ0v) is 19.6. The van der Waals surface area contributed by atoms with Gasteiger partial charge in [-0.05, 0) is 38.0 Å². The van der Waals surface area contributed by atoms with E-state index in [0.717, 1.165) is 58.0 Å². The van der Waals surface area contributed by atoms with E-state index in [1.807, 2.05) is 24.3 Å². The lowest BCUT2D eigenvalue weighted by atomic mass is 9.82. The maximum absolute atomic E-state index is 13.0. The van der Waals surface area contributed by atoms with Gasteiger partial charge in [-0.25, -0.2) is 13.2 Å². The number of allylic oxidation sites excluding steroid dienone is 3. The van der Waals surface area contributed by atoms with Gasteiger partial charge in [-0.15, -0.1) is 0 Å². The van der Waals surface area contributed by atoms with Crippen molar-refractivity contribution in [3.8, 4) is 0 Å². The van der Waals surface area contributed by atoms with Crippen molar-refractivity contribution in [1.82, 2.24) is 19.8 Å². The summed E-state index contributed by atoms with van der Waals surface area (Å²) in [6, 6.07) is -0.648. The number of urea groups is 1. The van der Waals surface area contributed by atoms with Gasteiger partial charge in [-0.3, -0.25) is 4.79 Å². The molecule has 2 saturated heterocycles. The first-order chi connectivity index (χ1) is 15.4. The molecule has 9 heteroatoms. The molecule has 4 aliphatic rings. The maximum atomic E-state index is 13.0. The highest BCUT2D eigenvalue weighted by Crippen LogP contribution is 2.38. The average molecular weight is 465 g/mol. The van der Waals surface area contributed by atoms with Crippen LogP contribution in [0.1, 0.15) is 51.4 Å². The van der Waals surface area contributed by atoms with Crippen molar-refractivity contribution in [1.29, 1.82) is 0 Å². The van der Waals surface area contributed by atoms with Crippen LogP contribution in [0.5, 0.6) is 0 Å². The Morgan fingerprint density at radius 2 is 1.81 bits per heavy atom. The van der Waals surface area contributed by atoms with Gasteiger partial charge in [0.05, 0.1) is 12.3 Å². The van der Waals surface area contributed by atoms with Crippen LogP contribution < -0.4 is 10.6 Å². The maximum Gasteiger partial charge on any atom is 0.315 e. The summed E-state index contributed by atoms with van der Waals surface area (Å²) < 4.78 is 27.6. The molecular weight excluding hydrogens is 428 g/mol. The highest BCUT2D eigenvalue weighted by Gasteiger charge is 2.47. The van der Waals surface area contributed by atoms with Crippen LogP contribution in [0.15, 0.2) is 24.3 Å². The van der Waals surface area contributed by atoms with E-state index in [2.05, 4.69) is 10.6 Å². The third-order valence-electron chi connectivity index (χ3n) is 7.37. The Balaban J connectivity index is 1.39. The topological polar surface area (TPSA) is 98.8 Å². The van der Waals surface area contributed by atoms with Crippen molar-refractivity contribution < 1.29 is 18.0 Å². The molecule has 3 amide bonds. The number of sulfonamides is 1. The van der Waals surface area contributed by atoms with Gasteiger partial charge in [0.25, 0.3) is 0 Å². The second-order valence-corrected chi connectivity index (χ2v) is 11.8. The van der Waals surface area contributed by atoms with Crippen molar-refractivity contribution >= 4 is 22.0 Å². The summed E-state index contributed by atoms with van der Waals surface area (Å²) in [4.78, 5) is 26.7. The van der Waals surface area contributed by atoms with Crippen molar-refractivity contribution in [2.75, 3.05) is 38.5 Å². The molecule has 2 heterocycles. The van der Waals surface area contributed by atoms with Gasteiger partial charge < -0.3 is 15.5 Å². The molecule has 32 heavy (non-hydrogen) atoms. The summed E-state index contributed by atoms with van der Waals surface area (Å²) in [5.74, 6) is 0.305. The number of carbonyl (C=O) groups is 2. The van der Waals surface area contributed by atoms with Gasteiger partial charge in [0.1, 0.15) is 0 Å². The van der Waals surface area contributed by atoms with Crippen LogP contribution in [-0.2, 0) is 14.8 Å². The molecule has 4 rings (SSSR count). The van der Waals surface area contributed by atoms with E-state index < -0.39 is 10.0 Å². The zero-order valence-electron chi connectivity index (χ0n) is 18.8. The summed E-state index contributed by atoms with van der Waals surface area (Å²) in [5.41, 5.74) is -0.366. The number of likely N-dealkylation sites (tertiary alicyclic amines) is 1. The van der Waals surface area contributed by atoms with Crippen molar-refractivity contribution in [2.24, 2.45) is 11.3 Å². The van der Waals surface area contributed by atoms with Gasteiger partial charge in [0, 0.05) is 37.6 Å². The molecule has 1 unspecified atom stereocenters. The Hall–Kier alpha value is -1.87. The van der Waals surface area contributed by atoms with E-state index in [9.17, 15) is 18.0 Å². The number of hydrogen-bond acceptors (Lipinski definition) is 4. The summed E-state index contributed by atoms with van der Waals surface area (Å²) in [6.07, 6.45) is 16.0. The first kappa shape index (κ1) is 23.3. The normalized spacial score (nSPS) is 28.8. The van der Waals surface area contributed by atoms with Gasteiger partial charge in [-0.1, -0.05) is 43.6 Å². The van der Waals surface area contributed by atoms with E-state index in [4.69, 9.17) is 0 Å². The molecule has 0 aromatic rings. The molecule has 8 nitrogen and oxygen atoms in total. The van der Waals surface area contributed by atoms with Crippen LogP contribution in [0.25, 0.3) is 0 Å². The van der Waals surface area contributed by atoms with Gasteiger partial charge in [0.15, 0.2) is 0 Å². The van der Waals surface area contributed by atoms with Crippen LogP contribution in [0.3, 0.4) is 0 Å². The quantitative estimate of drug-likeness (QED) is 0.628. The monoisotopic (exact) mass is 464 g/mol. The third-order valence-corrected chi connectivity index (χ3v) is 9.38. The SMILES string of the molecule is O=C(NCC(=O)N1CCCC1)N[C@H](CN1CC2(C=CC=CC2)CS1(=O)=O)C1CCCCC1. The number of carbonyl (C=O) groups excluding carboxylic acids is 2. The van der Waals surface area contributed by atoms with Crippen LogP contribution in [0, 0.1) is 11.3 Å². The lowest BCUT2D eigenvalue weighted by Crippen LogP contribution is -2.53. The summed E-state index contributed by atoms with van der Waals surface area (Å²) in [7, 11) is -3.39. The highest BCUT2D eigenvalue weighted by atomic mass is 32.2. The fourth-order valence-electron chi connectivity index (χ4n) is 5.58. The minimum Gasteiger partial charge on any atom is -0.341 e. The molecule has 1 saturated carbocycles. The first-order valence-electron chi connectivity index (χ1n) is 12.0. The fourth-order valence-corrected chi connectivity index (χ4v) is 7.64. The number of nitrogens with zero attached hydrogens (tertiary/aromatic N) is 2. The van der Waals surface area contributed by atoms with E-state index in [1.54, 1.807) is 9.21 Å². The Bertz CT molecular complexity index is 859. The smallest absolute Gasteiger partial charge is 0.315 e. The second-order valence-electron chi connectivity index (χ2n) is 9.82. The van der Waals surface area contributed by atoms with Crippen molar-refractivity contribution in [3.63, 3.8) is 0 Å².